The van der Waals surface area contributed by atoms with Gasteiger partial charge in [0.25, 0.3) is 10.1 Å². The van der Waals surface area contributed by atoms with Crippen molar-refractivity contribution in [2.45, 2.75) is 129 Å². The quantitative estimate of drug-likeness (QED) is 0.0301. The van der Waals surface area contributed by atoms with E-state index in [1.165, 1.54) is 56.1 Å². The summed E-state index contributed by atoms with van der Waals surface area (Å²) in [6.07, 6.45) is 14.1. The van der Waals surface area contributed by atoms with Crippen LogP contribution in [0.4, 0.5) is 0 Å². The summed E-state index contributed by atoms with van der Waals surface area (Å²) in [7, 11) is 3.21. The second-order valence-electron chi connectivity index (χ2n) is 26.1. The van der Waals surface area contributed by atoms with E-state index in [0.717, 1.165) is 97.4 Å². The first-order valence-corrected chi connectivity index (χ1v) is 42.7. The predicted molar refractivity (Wildman–Crippen MR) is 437 cm³/mol. The highest BCUT2D eigenvalue weighted by molar-refractivity contribution is 7.86. The second-order valence-corrected chi connectivity index (χ2v) is 28.5. The molecule has 5 N–H and O–H groups in total. The number of aliphatic hydroxyl groups excluding tert-OH is 1. The first-order chi connectivity index (χ1) is 54.1. The van der Waals surface area contributed by atoms with E-state index in [9.17, 15) is 18.0 Å². The molecule has 4 fully saturated rings. The number of carbonyl (C=O) groups is 2. The molecule has 2 aromatic carbocycles. The highest BCUT2D eigenvalue weighted by Crippen LogP contribution is 2.20. The van der Waals surface area contributed by atoms with Crippen LogP contribution in [0.15, 0.2) is 60.7 Å². The van der Waals surface area contributed by atoms with Crippen molar-refractivity contribution in [1.29, 1.82) is 0 Å². The van der Waals surface area contributed by atoms with Crippen LogP contribution in [0.3, 0.4) is 0 Å². The van der Waals surface area contributed by atoms with E-state index in [1.54, 1.807) is 49.2 Å². The number of likely N-dealkylation sites (tertiary alicyclic amines) is 2. The minimum absolute atomic E-state index is 0.0267. The third kappa shape index (κ3) is 72.0. The van der Waals surface area contributed by atoms with E-state index in [2.05, 4.69) is 79.2 Å². The molecule has 111 heavy (non-hydrogen) atoms. The molecule has 0 unspecified atom stereocenters. The van der Waals surface area contributed by atoms with Gasteiger partial charge in [-0.25, -0.2) is 0 Å². The normalized spacial score (nSPS) is 15.2. The predicted octanol–water partition coefficient (Wildman–Crippen LogP) is 6.77. The van der Waals surface area contributed by atoms with Gasteiger partial charge in [0.1, 0.15) is 0 Å². The zero-order chi connectivity index (χ0) is 81.4. The lowest BCUT2D eigenvalue weighted by Crippen LogP contribution is -2.47. The molecule has 0 radical (unpaired) electrons. The van der Waals surface area contributed by atoms with Crippen LogP contribution in [0.5, 0.6) is 0 Å². The first kappa shape index (κ1) is 108. The minimum Gasteiger partial charge on any atom is -0.397 e. The van der Waals surface area contributed by atoms with E-state index < -0.39 is 10.1 Å². The zero-order valence-electron chi connectivity index (χ0n) is 69.1. The van der Waals surface area contributed by atoms with Gasteiger partial charge < -0.3 is 107 Å². The molecule has 2 aromatic rings. The Morgan fingerprint density at radius 2 is 0.748 bits per heavy atom. The lowest BCUT2D eigenvalue weighted by Gasteiger charge is -2.38. The summed E-state index contributed by atoms with van der Waals surface area (Å²) in [5, 5.41) is 14.7. The van der Waals surface area contributed by atoms with Crippen LogP contribution in [-0.4, -0.2) is 366 Å². The Labute approximate surface area is 678 Å². The van der Waals surface area contributed by atoms with E-state index in [1.807, 2.05) is 15.9 Å². The number of rotatable bonds is 56. The summed E-state index contributed by atoms with van der Waals surface area (Å²) in [6, 6.07) is 23.1. The number of piperidine rings is 3. The molecule has 4 aliphatic rings. The van der Waals surface area contributed by atoms with Crippen LogP contribution < -0.4 is 16.4 Å². The fraction of sp³-hybridized carbons (Fsp3) is 0.823. The summed E-state index contributed by atoms with van der Waals surface area (Å²) in [5.41, 5.74) is 8.38. The standard InChI is InChI=1S/C23H38N2O5.C21H36N2O4.C16H32N2O5.C10H22O7S.C6H13N.C2H6O.CH2Cl2/c1-21(26)25(12-13-28-16-17-30-19-18-29-15-14-27-2)23-8-10-24(11-9-23)20-22-6-4-3-5-7-22;1-24-13-14-26-17-18-27-16-15-25-12-9-22-21-7-10-23(11-8-21)19-20-5-3-2-4-6-20;1-15(19)18(16-3-5-17-6-4-16)7-8-21-11-12-23-14-13-22-10-9-20-2;1-13-3-4-14-5-6-15-7-8-16-9-10-17-18(2,11)12;7-6-4-2-1-3-5-6;1-2-3;2-1-3/h3-7,23H,8-20H2,1-2H3;2-6,21-22H,7-19H2,1H3;16-17H,3-14H2,1-2H3;3-10H2,1-2H3;6H,1-5,7H2;3H,2H2,1H3;1H2. The van der Waals surface area contributed by atoms with Gasteiger partial charge in [0, 0.05) is 119 Å². The van der Waals surface area contributed by atoms with Gasteiger partial charge in [-0.2, -0.15) is 8.42 Å². The van der Waals surface area contributed by atoms with Crippen molar-refractivity contribution in [3.05, 3.63) is 71.8 Å². The molecule has 1 saturated carbocycles. The molecule has 29 nitrogen and oxygen atoms in total. The molecule has 3 aliphatic heterocycles. The van der Waals surface area contributed by atoms with Crippen LogP contribution in [0.25, 0.3) is 0 Å². The second kappa shape index (κ2) is 82.1. The first-order valence-electron chi connectivity index (χ1n) is 39.8. The van der Waals surface area contributed by atoms with Crippen molar-refractivity contribution < 1.29 is 103 Å². The Bertz CT molecular complexity index is 2370. The van der Waals surface area contributed by atoms with Gasteiger partial charge in [-0.1, -0.05) is 79.9 Å². The van der Waals surface area contributed by atoms with Crippen molar-refractivity contribution in [2.75, 3.05) is 297 Å². The summed E-state index contributed by atoms with van der Waals surface area (Å²) in [5.74, 6) is 0.259. The lowest BCUT2D eigenvalue weighted by atomic mass is 9.97. The Morgan fingerprint density at radius 1 is 0.459 bits per heavy atom. The molecule has 2 amide bonds. The summed E-state index contributed by atoms with van der Waals surface area (Å²) >= 11 is 9.53. The summed E-state index contributed by atoms with van der Waals surface area (Å²) in [6.45, 7) is 31.3. The largest absolute Gasteiger partial charge is 0.397 e. The highest BCUT2D eigenvalue weighted by atomic mass is 35.5. The molecule has 652 valence electrons. The average molecular weight is 1650 g/mol. The van der Waals surface area contributed by atoms with Gasteiger partial charge in [0.05, 0.1) is 203 Å². The van der Waals surface area contributed by atoms with E-state index >= 15 is 0 Å². The van der Waals surface area contributed by atoms with Gasteiger partial charge in [0.15, 0.2) is 0 Å². The van der Waals surface area contributed by atoms with Crippen molar-refractivity contribution in [2.24, 2.45) is 5.73 Å². The molecule has 0 spiro atoms. The van der Waals surface area contributed by atoms with Gasteiger partial charge in [-0.3, -0.25) is 23.6 Å². The number of halogens is 2. The number of methoxy groups -OCH3 is 4. The Morgan fingerprint density at radius 3 is 1.05 bits per heavy atom. The van der Waals surface area contributed by atoms with Crippen molar-refractivity contribution >= 4 is 45.1 Å². The molecule has 1 aliphatic carbocycles. The van der Waals surface area contributed by atoms with Crippen LogP contribution in [0.2, 0.25) is 0 Å². The lowest BCUT2D eigenvalue weighted by molar-refractivity contribution is -0.133. The zero-order valence-corrected chi connectivity index (χ0v) is 71.4. The molecule has 0 bridgehead atoms. The highest BCUT2D eigenvalue weighted by Gasteiger charge is 2.27. The van der Waals surface area contributed by atoms with Gasteiger partial charge in [0.2, 0.25) is 11.8 Å². The average Bonchev–Trinajstić information content (AvgIpc) is 1.00. The molecule has 6 rings (SSSR count). The van der Waals surface area contributed by atoms with E-state index in [0.29, 0.717) is 209 Å². The maximum Gasteiger partial charge on any atom is 0.264 e. The Kier molecular flexibility index (Phi) is 79.9. The number of amides is 2. The number of hydrogen-bond acceptors (Lipinski definition) is 27. The summed E-state index contributed by atoms with van der Waals surface area (Å²) in [4.78, 5) is 32.8. The number of nitrogens with one attached hydrogen (secondary N) is 2. The SMILES string of the molecule is CCO.COCCOCCOCCOCCN(C(C)=O)C1CCN(Cc2ccccc2)CC1.COCCOCCOCCOCCN(C(C)=O)C1CCNCC1.COCCOCCOCCOCCNC1CCN(Cc2ccccc2)CC1.COCCOCCOCCOCCOS(C)(=O)=O.ClCCl.NC1CCCCC1. The fourth-order valence-corrected chi connectivity index (χ4v) is 11.8. The van der Waals surface area contributed by atoms with Gasteiger partial charge in [-0.05, 0) is 95.6 Å². The topological polar surface area (TPSA) is 308 Å². The maximum atomic E-state index is 12.1. The number of ether oxygens (including phenoxy) is 16. The molecule has 0 atom stereocenters. The number of nitrogens with two attached hydrogens (primary N) is 1. The molecule has 0 aromatic heterocycles. The molecule has 3 saturated heterocycles. The molecule has 3 heterocycles. The monoisotopic (exact) mass is 1650 g/mol. The van der Waals surface area contributed by atoms with Crippen LogP contribution in [-0.2, 0) is 113 Å². The molecular formula is C79H149Cl2N7O22S. The van der Waals surface area contributed by atoms with E-state index in [4.69, 9.17) is 110 Å². The van der Waals surface area contributed by atoms with Crippen LogP contribution in [0.1, 0.15) is 103 Å². The number of nitrogens with zero attached hydrogens (tertiary/aromatic N) is 4. The van der Waals surface area contributed by atoms with Crippen molar-refractivity contribution in [1.82, 2.24) is 30.2 Å². The van der Waals surface area contributed by atoms with Crippen molar-refractivity contribution in [3.63, 3.8) is 0 Å². The third-order valence-electron chi connectivity index (χ3n) is 17.2. The number of hydrogen-bond donors (Lipinski definition) is 4. The minimum atomic E-state index is -3.37. The number of carbonyl (C=O) groups excluding carboxylic acids is 2. The maximum absolute atomic E-state index is 12.1. The van der Waals surface area contributed by atoms with E-state index in [-0.39, 0.29) is 37.0 Å². The number of aliphatic hydroxyl groups is 1. The Balaban J connectivity index is 0.00000139. The number of benzene rings is 2. The molecular weight excluding hydrogens is 1500 g/mol. The summed E-state index contributed by atoms with van der Waals surface area (Å²) < 4.78 is 110. The smallest absolute Gasteiger partial charge is 0.264 e. The van der Waals surface area contributed by atoms with Gasteiger partial charge in [-0.15, -0.1) is 23.2 Å². The molecule has 32 heteroatoms. The Hall–Kier alpha value is -3.01. The third-order valence-corrected chi connectivity index (χ3v) is 17.7. The number of alkyl halides is 2. The van der Waals surface area contributed by atoms with Crippen LogP contribution >= 0.6 is 23.2 Å². The van der Waals surface area contributed by atoms with Crippen LogP contribution in [0, 0.1) is 0 Å². The fourth-order valence-electron chi connectivity index (χ4n) is 11.5. The van der Waals surface area contributed by atoms with Crippen molar-refractivity contribution in [3.8, 4) is 0 Å². The van der Waals surface area contributed by atoms with Gasteiger partial charge >= 0.3 is 0 Å².